The predicted octanol–water partition coefficient (Wildman–Crippen LogP) is 1.26. The molecule has 1 fully saturated rings. The second-order valence-corrected chi connectivity index (χ2v) is 5.37. The first kappa shape index (κ1) is 12.4. The van der Waals surface area contributed by atoms with Gasteiger partial charge >= 0.3 is 0 Å². The van der Waals surface area contributed by atoms with E-state index in [2.05, 4.69) is 9.59 Å². The smallest absolute Gasteiger partial charge is 0.267 e. The van der Waals surface area contributed by atoms with E-state index in [0.717, 1.165) is 36.6 Å². The van der Waals surface area contributed by atoms with Crippen LogP contribution in [0.1, 0.15) is 48.0 Å². The minimum absolute atomic E-state index is 0.0275. The van der Waals surface area contributed by atoms with Crippen LogP contribution in [0.5, 0.6) is 0 Å². The second kappa shape index (κ2) is 5.10. The van der Waals surface area contributed by atoms with Crippen LogP contribution in [0.3, 0.4) is 0 Å². The van der Waals surface area contributed by atoms with Gasteiger partial charge in [-0.15, -0.1) is 5.10 Å². The van der Waals surface area contributed by atoms with E-state index < -0.39 is 0 Å². The van der Waals surface area contributed by atoms with Gasteiger partial charge in [-0.2, -0.15) is 0 Å². The van der Waals surface area contributed by atoms with Crippen molar-refractivity contribution in [2.45, 2.75) is 38.6 Å². The molecule has 0 aromatic carbocycles. The summed E-state index contributed by atoms with van der Waals surface area (Å²) in [4.78, 5) is 14.7. The molecule has 1 N–H and O–H groups in total. The van der Waals surface area contributed by atoms with Crippen molar-refractivity contribution in [3.8, 4) is 0 Å². The summed E-state index contributed by atoms with van der Waals surface area (Å²) in [5.74, 6) is 0.170. The molecular weight excluding hydrogens is 238 g/mol. The van der Waals surface area contributed by atoms with Gasteiger partial charge in [0, 0.05) is 6.54 Å². The quantitative estimate of drug-likeness (QED) is 0.883. The zero-order valence-corrected chi connectivity index (χ0v) is 10.9. The molecule has 1 atom stereocenters. The number of aromatic nitrogens is 2. The Balaban J connectivity index is 2.22. The summed E-state index contributed by atoms with van der Waals surface area (Å²) in [6.45, 7) is 4.76. The van der Waals surface area contributed by atoms with Gasteiger partial charge in [0.25, 0.3) is 5.91 Å². The molecular formula is C11H17N3O2S. The summed E-state index contributed by atoms with van der Waals surface area (Å²) >= 11 is 1.15. The first-order valence-corrected chi connectivity index (χ1v) is 6.66. The van der Waals surface area contributed by atoms with Gasteiger partial charge in [-0.1, -0.05) is 18.3 Å². The molecule has 1 aliphatic heterocycles. The molecule has 0 radical (unpaired) electrons. The lowest BCUT2D eigenvalue weighted by atomic mass is 10.1. The highest BCUT2D eigenvalue weighted by molar-refractivity contribution is 7.08. The molecule has 94 valence electrons. The summed E-state index contributed by atoms with van der Waals surface area (Å²) in [6.07, 6.45) is 1.84. The number of likely N-dealkylation sites (tertiary alicyclic amines) is 1. The molecule has 1 saturated heterocycles. The van der Waals surface area contributed by atoms with Crippen LogP contribution < -0.4 is 0 Å². The highest BCUT2D eigenvalue weighted by Gasteiger charge is 2.31. The molecule has 1 aliphatic rings. The Kier molecular flexibility index (Phi) is 3.73. The number of rotatable bonds is 3. The fourth-order valence-corrected chi connectivity index (χ4v) is 2.92. The molecule has 2 heterocycles. The van der Waals surface area contributed by atoms with Crippen molar-refractivity contribution < 1.29 is 9.90 Å². The minimum atomic E-state index is -0.0374. The molecule has 17 heavy (non-hydrogen) atoms. The predicted molar refractivity (Wildman–Crippen MR) is 65.1 cm³/mol. The summed E-state index contributed by atoms with van der Waals surface area (Å²) in [5.41, 5.74) is 0.767. The number of carbonyl (C=O) groups excluding carboxylic acids is 1. The molecule has 0 saturated carbocycles. The molecule has 2 rings (SSSR count). The van der Waals surface area contributed by atoms with Crippen LogP contribution in [-0.4, -0.2) is 44.7 Å². The fourth-order valence-electron chi connectivity index (χ4n) is 2.15. The van der Waals surface area contributed by atoms with Crippen LogP contribution in [0.15, 0.2) is 0 Å². The number of carbonyl (C=O) groups is 1. The second-order valence-electron chi connectivity index (χ2n) is 4.62. The maximum absolute atomic E-state index is 12.3. The van der Waals surface area contributed by atoms with Crippen LogP contribution in [0.2, 0.25) is 0 Å². The Morgan fingerprint density at radius 1 is 1.65 bits per heavy atom. The highest BCUT2D eigenvalue weighted by atomic mass is 32.1. The average Bonchev–Trinajstić information content (AvgIpc) is 2.96. The molecule has 1 amide bonds. The molecule has 1 unspecified atom stereocenters. The Labute approximate surface area is 105 Å². The van der Waals surface area contributed by atoms with Crippen LogP contribution in [0, 0.1) is 0 Å². The maximum Gasteiger partial charge on any atom is 0.267 e. The first-order valence-electron chi connectivity index (χ1n) is 5.89. The van der Waals surface area contributed by atoms with Crippen LogP contribution >= 0.6 is 11.5 Å². The van der Waals surface area contributed by atoms with Gasteiger partial charge in [-0.05, 0) is 30.3 Å². The molecule has 6 heteroatoms. The van der Waals surface area contributed by atoms with Crippen molar-refractivity contribution in [3.05, 3.63) is 10.6 Å². The Morgan fingerprint density at radius 3 is 3.06 bits per heavy atom. The summed E-state index contributed by atoms with van der Waals surface area (Å²) in [6, 6.07) is -0.0374. The van der Waals surface area contributed by atoms with Crippen molar-refractivity contribution in [3.63, 3.8) is 0 Å². The van der Waals surface area contributed by atoms with E-state index in [0.29, 0.717) is 4.88 Å². The van der Waals surface area contributed by atoms with E-state index in [1.165, 1.54) is 0 Å². The minimum Gasteiger partial charge on any atom is -0.394 e. The average molecular weight is 255 g/mol. The van der Waals surface area contributed by atoms with Crippen molar-refractivity contribution >= 4 is 17.4 Å². The van der Waals surface area contributed by atoms with Gasteiger partial charge in [-0.25, -0.2) is 0 Å². The number of aliphatic hydroxyl groups is 1. The van der Waals surface area contributed by atoms with E-state index in [4.69, 9.17) is 0 Å². The number of nitrogens with zero attached hydrogens (tertiary/aromatic N) is 3. The largest absolute Gasteiger partial charge is 0.394 e. The number of amides is 1. The topological polar surface area (TPSA) is 66.3 Å². The number of hydrogen-bond donors (Lipinski definition) is 1. The molecule has 0 aliphatic carbocycles. The molecule has 1 aromatic rings. The molecule has 5 nitrogen and oxygen atoms in total. The fraction of sp³-hybridized carbons (Fsp3) is 0.727. The summed E-state index contributed by atoms with van der Waals surface area (Å²) < 4.78 is 3.87. The van der Waals surface area contributed by atoms with E-state index in [1.807, 2.05) is 13.8 Å². The third kappa shape index (κ3) is 2.32. The SMILES string of the molecule is CC(C)c1nnsc1C(=O)N1CCCC1CO. The Hall–Kier alpha value is -1.01. The third-order valence-corrected chi connectivity index (χ3v) is 3.83. The van der Waals surface area contributed by atoms with Crippen molar-refractivity contribution in [1.29, 1.82) is 0 Å². The van der Waals surface area contributed by atoms with Crippen molar-refractivity contribution in [2.24, 2.45) is 0 Å². The van der Waals surface area contributed by atoms with Crippen molar-refractivity contribution in [1.82, 2.24) is 14.5 Å². The highest BCUT2D eigenvalue weighted by Crippen LogP contribution is 2.25. The van der Waals surface area contributed by atoms with Gasteiger partial charge < -0.3 is 10.0 Å². The van der Waals surface area contributed by atoms with E-state index >= 15 is 0 Å². The lowest BCUT2D eigenvalue weighted by Gasteiger charge is -2.22. The van der Waals surface area contributed by atoms with Crippen LogP contribution in [0.25, 0.3) is 0 Å². The van der Waals surface area contributed by atoms with Gasteiger partial charge in [0.15, 0.2) is 0 Å². The lowest BCUT2D eigenvalue weighted by molar-refractivity contribution is 0.0681. The number of aliphatic hydroxyl groups excluding tert-OH is 1. The normalized spacial score (nSPS) is 20.2. The molecule has 1 aromatic heterocycles. The Bertz CT molecular complexity index is 405. The van der Waals surface area contributed by atoms with Gasteiger partial charge in [0.05, 0.1) is 18.3 Å². The van der Waals surface area contributed by atoms with Crippen LogP contribution in [0.4, 0.5) is 0 Å². The standard InChI is InChI=1S/C11H17N3O2S/c1-7(2)9-10(17-13-12-9)11(16)14-5-3-4-8(14)6-15/h7-8,15H,3-6H2,1-2H3. The van der Waals surface area contributed by atoms with Crippen LogP contribution in [-0.2, 0) is 0 Å². The monoisotopic (exact) mass is 255 g/mol. The van der Waals surface area contributed by atoms with Crippen molar-refractivity contribution in [2.75, 3.05) is 13.2 Å². The van der Waals surface area contributed by atoms with Gasteiger partial charge in [0.2, 0.25) is 0 Å². The maximum atomic E-state index is 12.3. The third-order valence-electron chi connectivity index (χ3n) is 3.10. The molecule has 0 spiro atoms. The van der Waals surface area contributed by atoms with E-state index in [1.54, 1.807) is 4.90 Å². The molecule has 0 bridgehead atoms. The van der Waals surface area contributed by atoms with E-state index in [-0.39, 0.29) is 24.5 Å². The van der Waals surface area contributed by atoms with Gasteiger partial charge in [0.1, 0.15) is 4.88 Å². The Morgan fingerprint density at radius 2 is 2.41 bits per heavy atom. The first-order chi connectivity index (χ1) is 8.15. The summed E-state index contributed by atoms with van der Waals surface area (Å²) in [7, 11) is 0. The van der Waals surface area contributed by atoms with Gasteiger partial charge in [-0.3, -0.25) is 4.79 Å². The number of hydrogen-bond acceptors (Lipinski definition) is 5. The zero-order valence-electron chi connectivity index (χ0n) is 10.1. The van der Waals surface area contributed by atoms with E-state index in [9.17, 15) is 9.90 Å². The zero-order chi connectivity index (χ0) is 12.4. The lowest BCUT2D eigenvalue weighted by Crippen LogP contribution is -2.37. The summed E-state index contributed by atoms with van der Waals surface area (Å²) in [5, 5.41) is 13.3.